The molecule has 0 fully saturated rings. The summed E-state index contributed by atoms with van der Waals surface area (Å²) < 4.78 is 11.7. The Labute approximate surface area is 125 Å². The molecule has 5 heteroatoms. The second-order valence-corrected chi connectivity index (χ2v) is 5.50. The van der Waals surface area contributed by atoms with Crippen molar-refractivity contribution >= 4 is 21.6 Å². The average molecular weight is 336 g/mol. The van der Waals surface area contributed by atoms with Crippen LogP contribution in [0.15, 0.2) is 34.8 Å². The molecule has 0 spiro atoms. The Balaban J connectivity index is 1.78. The minimum Gasteiger partial charge on any atom is -0.508 e. The lowest BCUT2D eigenvalue weighted by Gasteiger charge is -2.11. The van der Waals surface area contributed by atoms with Crippen LogP contribution in [0.5, 0.6) is 17.2 Å². The number of hydrogen-bond acceptors (Lipinski definition) is 4. The van der Waals surface area contributed by atoms with E-state index in [4.69, 9.17) is 9.47 Å². The van der Waals surface area contributed by atoms with Gasteiger partial charge in [0, 0.05) is 16.7 Å². The summed E-state index contributed by atoms with van der Waals surface area (Å²) in [5.74, 6) is 1.81. The van der Waals surface area contributed by atoms with Crippen LogP contribution in [0.25, 0.3) is 0 Å². The van der Waals surface area contributed by atoms with E-state index in [-0.39, 0.29) is 12.5 Å². The van der Waals surface area contributed by atoms with E-state index < -0.39 is 0 Å². The van der Waals surface area contributed by atoms with E-state index in [1.54, 1.807) is 12.1 Å². The molecule has 0 radical (unpaired) electrons. The zero-order valence-corrected chi connectivity index (χ0v) is 12.5. The Morgan fingerprint density at radius 2 is 1.95 bits per heavy atom. The summed E-state index contributed by atoms with van der Waals surface area (Å²) in [5, 5.41) is 12.8. The summed E-state index contributed by atoms with van der Waals surface area (Å²) in [4.78, 5) is 0. The Hall–Kier alpha value is -1.88. The van der Waals surface area contributed by atoms with Gasteiger partial charge in [-0.1, -0.05) is 15.9 Å². The Morgan fingerprint density at radius 3 is 2.70 bits per heavy atom. The van der Waals surface area contributed by atoms with Crippen molar-refractivity contribution in [2.75, 3.05) is 12.1 Å². The number of fused-ring (bicyclic) bond motifs is 1. The summed E-state index contributed by atoms with van der Waals surface area (Å²) in [6.45, 7) is 2.88. The van der Waals surface area contributed by atoms with Crippen LogP contribution in [0.2, 0.25) is 0 Å². The first-order chi connectivity index (χ1) is 9.63. The first kappa shape index (κ1) is 13.1. The number of halogens is 1. The fraction of sp³-hybridized carbons (Fsp3) is 0.200. The van der Waals surface area contributed by atoms with Crippen LogP contribution < -0.4 is 14.8 Å². The summed E-state index contributed by atoms with van der Waals surface area (Å²) in [7, 11) is 0. The highest BCUT2D eigenvalue weighted by molar-refractivity contribution is 9.10. The third-order valence-corrected chi connectivity index (χ3v) is 3.96. The third-order valence-electron chi connectivity index (χ3n) is 3.22. The SMILES string of the molecule is Cc1cc(O)ccc1NCc1cc2c(cc1Br)OCO2. The van der Waals surface area contributed by atoms with Gasteiger partial charge < -0.3 is 19.9 Å². The first-order valence-electron chi connectivity index (χ1n) is 6.25. The van der Waals surface area contributed by atoms with Crippen LogP contribution >= 0.6 is 15.9 Å². The number of aromatic hydroxyl groups is 1. The lowest BCUT2D eigenvalue weighted by atomic mass is 10.1. The second-order valence-electron chi connectivity index (χ2n) is 4.65. The second kappa shape index (κ2) is 5.25. The Bertz CT molecular complexity index is 658. The van der Waals surface area contributed by atoms with Gasteiger partial charge in [-0.2, -0.15) is 0 Å². The summed E-state index contributed by atoms with van der Waals surface area (Å²) in [6, 6.07) is 9.16. The summed E-state index contributed by atoms with van der Waals surface area (Å²) in [5.41, 5.74) is 3.08. The molecule has 0 unspecified atom stereocenters. The van der Waals surface area contributed by atoms with E-state index in [0.29, 0.717) is 6.54 Å². The average Bonchev–Trinajstić information content (AvgIpc) is 2.84. The highest BCUT2D eigenvalue weighted by atomic mass is 79.9. The molecule has 20 heavy (non-hydrogen) atoms. The van der Waals surface area contributed by atoms with Crippen molar-refractivity contribution in [3.05, 3.63) is 45.9 Å². The number of phenolic OH excluding ortho intramolecular Hbond substituents is 1. The molecular weight excluding hydrogens is 322 g/mol. The van der Waals surface area contributed by atoms with Gasteiger partial charge in [0.25, 0.3) is 0 Å². The lowest BCUT2D eigenvalue weighted by molar-refractivity contribution is 0.174. The minimum absolute atomic E-state index is 0.274. The molecule has 1 aliphatic rings. The fourth-order valence-corrected chi connectivity index (χ4v) is 2.59. The molecule has 4 nitrogen and oxygen atoms in total. The number of ether oxygens (including phenoxy) is 2. The zero-order chi connectivity index (χ0) is 14.1. The van der Waals surface area contributed by atoms with Crippen molar-refractivity contribution < 1.29 is 14.6 Å². The molecule has 1 heterocycles. The molecule has 0 atom stereocenters. The first-order valence-corrected chi connectivity index (χ1v) is 7.04. The molecule has 2 aromatic rings. The fourth-order valence-electron chi connectivity index (χ4n) is 2.13. The molecule has 0 saturated heterocycles. The topological polar surface area (TPSA) is 50.7 Å². The molecule has 0 amide bonds. The number of benzene rings is 2. The molecule has 0 aromatic heterocycles. The maximum Gasteiger partial charge on any atom is 0.231 e. The van der Waals surface area contributed by atoms with Crippen LogP contribution in [0.3, 0.4) is 0 Å². The summed E-state index contributed by atoms with van der Waals surface area (Å²) >= 11 is 3.54. The number of anilines is 1. The van der Waals surface area contributed by atoms with Gasteiger partial charge >= 0.3 is 0 Å². The zero-order valence-electron chi connectivity index (χ0n) is 10.9. The highest BCUT2D eigenvalue weighted by Gasteiger charge is 2.16. The number of hydrogen-bond donors (Lipinski definition) is 2. The van der Waals surface area contributed by atoms with Crippen molar-refractivity contribution in [3.8, 4) is 17.2 Å². The van der Waals surface area contributed by atoms with Gasteiger partial charge in [-0.3, -0.25) is 0 Å². The molecule has 0 saturated carbocycles. The standard InChI is InChI=1S/C15H14BrNO3/c1-9-4-11(18)2-3-13(9)17-7-10-5-14-15(6-12(10)16)20-8-19-14/h2-6,17-18H,7-8H2,1H3. The largest absolute Gasteiger partial charge is 0.508 e. The highest BCUT2D eigenvalue weighted by Crippen LogP contribution is 2.37. The number of rotatable bonds is 3. The van der Waals surface area contributed by atoms with Gasteiger partial charge in [0.15, 0.2) is 11.5 Å². The molecule has 0 bridgehead atoms. The normalized spacial score (nSPS) is 12.5. The Kier molecular flexibility index (Phi) is 3.44. The van der Waals surface area contributed by atoms with Crippen molar-refractivity contribution in [1.29, 1.82) is 0 Å². The maximum absolute atomic E-state index is 9.41. The van der Waals surface area contributed by atoms with Gasteiger partial charge in [0.2, 0.25) is 6.79 Å². The van der Waals surface area contributed by atoms with Crippen molar-refractivity contribution in [1.82, 2.24) is 0 Å². The van der Waals surface area contributed by atoms with E-state index in [1.807, 2.05) is 25.1 Å². The van der Waals surface area contributed by atoms with E-state index >= 15 is 0 Å². The maximum atomic E-state index is 9.41. The molecule has 0 aliphatic carbocycles. The van der Waals surface area contributed by atoms with Crippen LogP contribution in [0.4, 0.5) is 5.69 Å². The van der Waals surface area contributed by atoms with Crippen LogP contribution in [0.1, 0.15) is 11.1 Å². The van der Waals surface area contributed by atoms with Crippen LogP contribution in [-0.2, 0) is 6.54 Å². The monoisotopic (exact) mass is 335 g/mol. The molecule has 1 aliphatic heterocycles. The van der Waals surface area contributed by atoms with Crippen LogP contribution in [0, 0.1) is 6.92 Å². The third kappa shape index (κ3) is 2.54. The molecule has 104 valence electrons. The predicted octanol–water partition coefficient (Wildman–Crippen LogP) is 3.80. The smallest absolute Gasteiger partial charge is 0.231 e. The summed E-state index contributed by atoms with van der Waals surface area (Å²) in [6.07, 6.45) is 0. The van der Waals surface area contributed by atoms with Crippen molar-refractivity contribution in [3.63, 3.8) is 0 Å². The molecule has 2 aromatic carbocycles. The number of aryl methyl sites for hydroxylation is 1. The Morgan fingerprint density at radius 1 is 1.20 bits per heavy atom. The van der Waals surface area contributed by atoms with Gasteiger partial charge in [-0.25, -0.2) is 0 Å². The lowest BCUT2D eigenvalue weighted by Crippen LogP contribution is -2.01. The molecule has 2 N–H and O–H groups in total. The predicted molar refractivity (Wildman–Crippen MR) is 80.4 cm³/mol. The van der Waals surface area contributed by atoms with Crippen LogP contribution in [-0.4, -0.2) is 11.9 Å². The quantitative estimate of drug-likeness (QED) is 0.837. The number of nitrogens with one attached hydrogen (secondary N) is 1. The molecular formula is C15H14BrNO3. The van der Waals surface area contributed by atoms with Gasteiger partial charge in [-0.15, -0.1) is 0 Å². The van der Waals surface area contributed by atoms with Crippen molar-refractivity contribution in [2.24, 2.45) is 0 Å². The minimum atomic E-state index is 0.274. The van der Waals surface area contributed by atoms with E-state index in [9.17, 15) is 5.11 Å². The molecule has 3 rings (SSSR count). The van der Waals surface area contributed by atoms with E-state index in [0.717, 1.165) is 32.8 Å². The van der Waals surface area contributed by atoms with Gasteiger partial charge in [-0.05, 0) is 48.4 Å². The van der Waals surface area contributed by atoms with E-state index in [2.05, 4.69) is 21.2 Å². The van der Waals surface area contributed by atoms with Crippen molar-refractivity contribution in [2.45, 2.75) is 13.5 Å². The number of phenols is 1. The van der Waals surface area contributed by atoms with Gasteiger partial charge in [0.05, 0.1) is 0 Å². The van der Waals surface area contributed by atoms with E-state index in [1.165, 1.54) is 0 Å². The van der Waals surface area contributed by atoms with Gasteiger partial charge in [0.1, 0.15) is 5.75 Å².